The predicted molar refractivity (Wildman–Crippen MR) is 97.4 cm³/mol. The SMILES string of the molecule is C[C@H](c1cccs1)N(C)C(=O)c1csc(-c2ccc(Cl)cc2)n1. The van der Waals surface area contributed by atoms with Crippen LogP contribution in [-0.4, -0.2) is 22.8 Å². The first-order valence-electron chi connectivity index (χ1n) is 7.08. The van der Waals surface area contributed by atoms with Crippen molar-refractivity contribution in [2.75, 3.05) is 7.05 Å². The van der Waals surface area contributed by atoms with Gasteiger partial charge in [0.25, 0.3) is 5.91 Å². The molecule has 0 aliphatic rings. The van der Waals surface area contributed by atoms with Crippen molar-refractivity contribution in [3.63, 3.8) is 0 Å². The summed E-state index contributed by atoms with van der Waals surface area (Å²) >= 11 is 9.02. The minimum atomic E-state index is -0.0673. The van der Waals surface area contributed by atoms with Crippen LogP contribution in [0.15, 0.2) is 47.2 Å². The second-order valence-corrected chi connectivity index (χ2v) is 7.43. The highest BCUT2D eigenvalue weighted by Gasteiger charge is 2.22. The van der Waals surface area contributed by atoms with Crippen LogP contribution in [0.4, 0.5) is 0 Å². The molecule has 0 unspecified atom stereocenters. The molecule has 0 saturated heterocycles. The van der Waals surface area contributed by atoms with Gasteiger partial charge in [-0.05, 0) is 30.5 Å². The molecule has 118 valence electrons. The molecule has 0 bridgehead atoms. The molecule has 2 aromatic heterocycles. The number of halogens is 1. The normalized spacial score (nSPS) is 12.1. The fourth-order valence-electron chi connectivity index (χ4n) is 2.17. The van der Waals surface area contributed by atoms with Crippen LogP contribution in [0, 0.1) is 0 Å². The van der Waals surface area contributed by atoms with E-state index < -0.39 is 0 Å². The van der Waals surface area contributed by atoms with Gasteiger partial charge in [0.1, 0.15) is 10.7 Å². The molecule has 3 aromatic rings. The van der Waals surface area contributed by atoms with Gasteiger partial charge in [-0.3, -0.25) is 4.79 Å². The largest absolute Gasteiger partial charge is 0.333 e. The van der Waals surface area contributed by atoms with E-state index in [4.69, 9.17) is 11.6 Å². The zero-order chi connectivity index (χ0) is 16.4. The molecule has 0 radical (unpaired) electrons. The zero-order valence-corrected chi connectivity index (χ0v) is 15.1. The van der Waals surface area contributed by atoms with E-state index >= 15 is 0 Å². The summed E-state index contributed by atoms with van der Waals surface area (Å²) < 4.78 is 0. The van der Waals surface area contributed by atoms with Gasteiger partial charge in [-0.2, -0.15) is 0 Å². The van der Waals surface area contributed by atoms with E-state index in [2.05, 4.69) is 4.98 Å². The summed E-state index contributed by atoms with van der Waals surface area (Å²) in [7, 11) is 1.81. The van der Waals surface area contributed by atoms with E-state index in [1.807, 2.05) is 61.1 Å². The second kappa shape index (κ2) is 6.83. The summed E-state index contributed by atoms with van der Waals surface area (Å²) in [6, 6.07) is 11.5. The molecular weight excluding hydrogens is 348 g/mol. The molecule has 1 aromatic carbocycles. The Balaban J connectivity index is 1.79. The van der Waals surface area contributed by atoms with E-state index in [0.29, 0.717) is 10.7 Å². The smallest absolute Gasteiger partial charge is 0.273 e. The first-order valence-corrected chi connectivity index (χ1v) is 9.22. The van der Waals surface area contributed by atoms with Gasteiger partial charge in [-0.1, -0.05) is 29.8 Å². The number of thiazole rings is 1. The average Bonchev–Trinajstić information content (AvgIpc) is 3.25. The maximum absolute atomic E-state index is 12.6. The lowest BCUT2D eigenvalue weighted by atomic mass is 10.2. The average molecular weight is 363 g/mol. The Morgan fingerprint density at radius 3 is 2.61 bits per heavy atom. The molecule has 1 amide bonds. The van der Waals surface area contributed by atoms with Crippen molar-refractivity contribution < 1.29 is 4.79 Å². The summed E-state index contributed by atoms with van der Waals surface area (Å²) in [5.74, 6) is -0.0673. The number of hydrogen-bond acceptors (Lipinski definition) is 4. The monoisotopic (exact) mass is 362 g/mol. The number of rotatable bonds is 4. The van der Waals surface area contributed by atoms with Crippen molar-refractivity contribution in [2.45, 2.75) is 13.0 Å². The van der Waals surface area contributed by atoms with Gasteiger partial charge in [0, 0.05) is 27.9 Å². The number of thiophene rings is 1. The van der Waals surface area contributed by atoms with Crippen molar-refractivity contribution >= 4 is 40.2 Å². The highest BCUT2D eigenvalue weighted by molar-refractivity contribution is 7.13. The van der Waals surface area contributed by atoms with Crippen LogP contribution < -0.4 is 0 Å². The maximum atomic E-state index is 12.6. The van der Waals surface area contributed by atoms with Gasteiger partial charge in [0.05, 0.1) is 6.04 Å². The topological polar surface area (TPSA) is 33.2 Å². The van der Waals surface area contributed by atoms with Gasteiger partial charge >= 0.3 is 0 Å². The predicted octanol–water partition coefficient (Wildman–Crippen LogP) is 5.36. The van der Waals surface area contributed by atoms with Crippen molar-refractivity contribution in [3.05, 3.63) is 62.8 Å². The maximum Gasteiger partial charge on any atom is 0.273 e. The Morgan fingerprint density at radius 1 is 1.22 bits per heavy atom. The van der Waals surface area contributed by atoms with Crippen LogP contribution in [0.3, 0.4) is 0 Å². The number of nitrogens with zero attached hydrogens (tertiary/aromatic N) is 2. The molecule has 0 aliphatic carbocycles. The minimum Gasteiger partial charge on any atom is -0.333 e. The quantitative estimate of drug-likeness (QED) is 0.626. The number of benzene rings is 1. The van der Waals surface area contributed by atoms with Crippen LogP contribution in [0.2, 0.25) is 5.02 Å². The standard InChI is InChI=1S/C17H15ClN2OS2/c1-11(15-4-3-9-22-15)20(2)17(21)14-10-23-16(19-14)12-5-7-13(18)8-6-12/h3-11H,1-2H3/t11-/m1/s1. The first kappa shape index (κ1) is 16.2. The van der Waals surface area contributed by atoms with Gasteiger partial charge in [-0.25, -0.2) is 4.98 Å². The van der Waals surface area contributed by atoms with Crippen LogP contribution in [0.5, 0.6) is 0 Å². The molecule has 0 saturated carbocycles. The first-order chi connectivity index (χ1) is 11.1. The molecule has 3 rings (SSSR count). The molecule has 3 nitrogen and oxygen atoms in total. The number of hydrogen-bond donors (Lipinski definition) is 0. The molecule has 1 atom stereocenters. The lowest BCUT2D eigenvalue weighted by Crippen LogP contribution is -2.29. The van der Waals surface area contributed by atoms with E-state index in [9.17, 15) is 4.79 Å². The van der Waals surface area contributed by atoms with Crippen LogP contribution in [0.25, 0.3) is 10.6 Å². The summed E-state index contributed by atoms with van der Waals surface area (Å²) in [6.07, 6.45) is 0. The Bertz CT molecular complexity index is 796. The Hall–Kier alpha value is -1.69. The summed E-state index contributed by atoms with van der Waals surface area (Å²) in [5.41, 5.74) is 1.44. The van der Waals surface area contributed by atoms with Gasteiger partial charge < -0.3 is 4.90 Å². The molecule has 6 heteroatoms. The highest BCUT2D eigenvalue weighted by Crippen LogP contribution is 2.28. The highest BCUT2D eigenvalue weighted by atomic mass is 35.5. The van der Waals surface area contributed by atoms with Crippen LogP contribution in [-0.2, 0) is 0 Å². The summed E-state index contributed by atoms with van der Waals surface area (Å²) in [4.78, 5) is 20.0. The Kier molecular flexibility index (Phi) is 4.80. The third kappa shape index (κ3) is 3.47. The van der Waals surface area contributed by atoms with Gasteiger partial charge in [0.2, 0.25) is 0 Å². The van der Waals surface area contributed by atoms with Gasteiger partial charge in [-0.15, -0.1) is 22.7 Å². The molecule has 2 heterocycles. The van der Waals surface area contributed by atoms with E-state index in [0.717, 1.165) is 15.4 Å². The molecule has 0 N–H and O–H groups in total. The molecule has 0 aliphatic heterocycles. The molecular formula is C17H15ClN2OS2. The number of carbonyl (C=O) groups excluding carboxylic acids is 1. The van der Waals surface area contributed by atoms with Crippen molar-refractivity contribution in [1.29, 1.82) is 0 Å². The second-order valence-electron chi connectivity index (χ2n) is 5.15. The summed E-state index contributed by atoms with van der Waals surface area (Å²) in [6.45, 7) is 2.02. The Morgan fingerprint density at radius 2 is 1.96 bits per heavy atom. The third-order valence-corrected chi connectivity index (χ3v) is 5.86. The molecule has 23 heavy (non-hydrogen) atoms. The lowest BCUT2D eigenvalue weighted by molar-refractivity contribution is 0.0740. The number of aromatic nitrogens is 1. The van der Waals surface area contributed by atoms with Crippen LogP contribution in [0.1, 0.15) is 28.3 Å². The zero-order valence-electron chi connectivity index (χ0n) is 12.7. The molecule has 0 fully saturated rings. The van der Waals surface area contributed by atoms with Crippen LogP contribution >= 0.6 is 34.3 Å². The Labute approximate surface area is 148 Å². The lowest BCUT2D eigenvalue weighted by Gasteiger charge is -2.23. The van der Waals surface area contributed by atoms with E-state index in [1.165, 1.54) is 11.3 Å². The van der Waals surface area contributed by atoms with Crippen molar-refractivity contribution in [3.8, 4) is 10.6 Å². The van der Waals surface area contributed by atoms with Crippen molar-refractivity contribution in [2.24, 2.45) is 0 Å². The molecule has 0 spiro atoms. The van der Waals surface area contributed by atoms with E-state index in [-0.39, 0.29) is 11.9 Å². The van der Waals surface area contributed by atoms with E-state index in [1.54, 1.807) is 16.2 Å². The number of amides is 1. The van der Waals surface area contributed by atoms with Crippen molar-refractivity contribution in [1.82, 2.24) is 9.88 Å². The third-order valence-electron chi connectivity index (χ3n) is 3.67. The summed E-state index contributed by atoms with van der Waals surface area (Å²) in [5, 5.41) is 5.34. The fraction of sp³-hybridized carbons (Fsp3) is 0.176. The number of carbonyl (C=O) groups is 1. The minimum absolute atomic E-state index is 0.0307. The fourth-order valence-corrected chi connectivity index (χ4v) is 3.93. The van der Waals surface area contributed by atoms with Gasteiger partial charge in [0.15, 0.2) is 0 Å².